The molecule has 0 saturated carbocycles. The van der Waals surface area contributed by atoms with Crippen molar-refractivity contribution in [3.05, 3.63) is 71.4 Å². The molecular weight excluding hydrogens is 322 g/mol. The lowest BCUT2D eigenvalue weighted by atomic mass is 10.1. The van der Waals surface area contributed by atoms with Crippen molar-refractivity contribution in [2.45, 2.75) is 19.9 Å². The van der Waals surface area contributed by atoms with Crippen LogP contribution in [0.2, 0.25) is 5.02 Å². The molecule has 2 aromatic carbocycles. The summed E-state index contributed by atoms with van der Waals surface area (Å²) in [6, 6.07) is 18.9. The van der Waals surface area contributed by atoms with Crippen LogP contribution in [0.15, 0.2) is 60.7 Å². The van der Waals surface area contributed by atoms with Gasteiger partial charge in [0.2, 0.25) is 0 Å². The Kier molecular flexibility index (Phi) is 4.67. The Labute approximate surface area is 146 Å². The van der Waals surface area contributed by atoms with E-state index >= 15 is 0 Å². The number of carbonyl (C=O) groups excluding carboxylic acids is 1. The van der Waals surface area contributed by atoms with Gasteiger partial charge in [-0.05, 0) is 44.2 Å². The molecule has 24 heavy (non-hydrogen) atoms. The number of aromatic nitrogens is 2. The van der Waals surface area contributed by atoms with Gasteiger partial charge in [-0.2, -0.15) is 5.10 Å². The van der Waals surface area contributed by atoms with Crippen molar-refractivity contribution in [1.82, 2.24) is 15.1 Å². The van der Waals surface area contributed by atoms with E-state index in [4.69, 9.17) is 11.6 Å². The summed E-state index contributed by atoms with van der Waals surface area (Å²) in [4.78, 5) is 12.6. The number of nitrogens with zero attached hydrogens (tertiary/aromatic N) is 2. The molecule has 0 aliphatic heterocycles. The lowest BCUT2D eigenvalue weighted by molar-refractivity contribution is 0.0935. The molecule has 0 radical (unpaired) electrons. The van der Waals surface area contributed by atoms with Gasteiger partial charge in [0.1, 0.15) is 5.69 Å². The summed E-state index contributed by atoms with van der Waals surface area (Å²) in [5.41, 5.74) is 2.99. The molecule has 1 amide bonds. The van der Waals surface area contributed by atoms with Crippen molar-refractivity contribution in [2.75, 3.05) is 0 Å². The first-order valence-corrected chi connectivity index (χ1v) is 8.14. The fourth-order valence-corrected chi connectivity index (χ4v) is 2.53. The van der Waals surface area contributed by atoms with Crippen molar-refractivity contribution < 1.29 is 4.79 Å². The molecule has 3 aromatic rings. The molecule has 0 aliphatic rings. The summed E-state index contributed by atoms with van der Waals surface area (Å²) >= 11 is 5.96. The lowest BCUT2D eigenvalue weighted by Crippen LogP contribution is -2.31. The van der Waals surface area contributed by atoms with E-state index in [-0.39, 0.29) is 11.9 Å². The third kappa shape index (κ3) is 3.49. The largest absolute Gasteiger partial charge is 0.349 e. The van der Waals surface area contributed by atoms with Crippen LogP contribution in [-0.4, -0.2) is 21.7 Å². The van der Waals surface area contributed by atoms with Crippen molar-refractivity contribution in [3.63, 3.8) is 0 Å². The Morgan fingerprint density at radius 2 is 1.75 bits per heavy atom. The number of nitrogens with one attached hydrogen (secondary N) is 1. The minimum Gasteiger partial charge on any atom is -0.349 e. The minimum atomic E-state index is -0.158. The number of hydrogen-bond donors (Lipinski definition) is 1. The maximum Gasteiger partial charge on any atom is 0.270 e. The third-order valence-electron chi connectivity index (χ3n) is 3.50. The Morgan fingerprint density at radius 3 is 2.38 bits per heavy atom. The SMILES string of the molecule is CC(C)NC(=O)c1cc(-c2ccccc2)nn1-c1ccc(Cl)cc1. The molecule has 0 atom stereocenters. The Balaban J connectivity index is 2.09. The second-order valence-electron chi connectivity index (χ2n) is 5.80. The maximum atomic E-state index is 12.6. The van der Waals surface area contributed by atoms with Crippen LogP contribution in [0.5, 0.6) is 0 Å². The van der Waals surface area contributed by atoms with E-state index in [2.05, 4.69) is 10.4 Å². The zero-order chi connectivity index (χ0) is 17.1. The zero-order valence-corrected chi connectivity index (χ0v) is 14.3. The first kappa shape index (κ1) is 16.3. The van der Waals surface area contributed by atoms with Crippen LogP contribution in [-0.2, 0) is 0 Å². The highest BCUT2D eigenvalue weighted by Gasteiger charge is 2.18. The summed E-state index contributed by atoms with van der Waals surface area (Å²) in [6.45, 7) is 3.86. The van der Waals surface area contributed by atoms with E-state index in [0.29, 0.717) is 10.7 Å². The van der Waals surface area contributed by atoms with Gasteiger partial charge in [0.05, 0.1) is 11.4 Å². The molecule has 0 aliphatic carbocycles. The molecule has 0 fully saturated rings. The number of benzene rings is 2. The van der Waals surface area contributed by atoms with Gasteiger partial charge in [0, 0.05) is 16.6 Å². The average molecular weight is 340 g/mol. The molecule has 3 rings (SSSR count). The Hall–Kier alpha value is -2.59. The van der Waals surface area contributed by atoms with Gasteiger partial charge in [0.25, 0.3) is 5.91 Å². The van der Waals surface area contributed by atoms with E-state index in [1.165, 1.54) is 0 Å². The molecule has 0 spiro atoms. The van der Waals surface area contributed by atoms with E-state index in [1.807, 2.05) is 62.4 Å². The van der Waals surface area contributed by atoms with E-state index in [9.17, 15) is 4.79 Å². The van der Waals surface area contributed by atoms with Crippen LogP contribution in [0.4, 0.5) is 0 Å². The normalized spacial score (nSPS) is 10.8. The molecule has 0 saturated heterocycles. The molecule has 1 aromatic heterocycles. The topological polar surface area (TPSA) is 46.9 Å². The van der Waals surface area contributed by atoms with Crippen LogP contribution in [0.1, 0.15) is 24.3 Å². The van der Waals surface area contributed by atoms with Gasteiger partial charge in [-0.15, -0.1) is 0 Å². The predicted molar refractivity (Wildman–Crippen MR) is 96.6 cm³/mol. The Bertz CT molecular complexity index is 839. The van der Waals surface area contributed by atoms with Gasteiger partial charge in [-0.1, -0.05) is 41.9 Å². The lowest BCUT2D eigenvalue weighted by Gasteiger charge is -2.10. The highest BCUT2D eigenvalue weighted by atomic mass is 35.5. The standard InChI is InChI=1S/C19H18ClN3O/c1-13(2)21-19(24)18-12-17(14-6-4-3-5-7-14)22-23(18)16-10-8-15(20)9-11-16/h3-13H,1-2H3,(H,21,24). The second kappa shape index (κ2) is 6.89. The Morgan fingerprint density at radius 1 is 1.08 bits per heavy atom. The third-order valence-corrected chi connectivity index (χ3v) is 3.75. The molecule has 122 valence electrons. The average Bonchev–Trinajstić information content (AvgIpc) is 3.01. The zero-order valence-electron chi connectivity index (χ0n) is 13.5. The first-order valence-electron chi connectivity index (χ1n) is 7.77. The highest BCUT2D eigenvalue weighted by Crippen LogP contribution is 2.22. The fraction of sp³-hybridized carbons (Fsp3) is 0.158. The van der Waals surface area contributed by atoms with Crippen LogP contribution < -0.4 is 5.32 Å². The number of halogens is 1. The smallest absolute Gasteiger partial charge is 0.270 e. The van der Waals surface area contributed by atoms with Crippen LogP contribution in [0.25, 0.3) is 16.9 Å². The van der Waals surface area contributed by atoms with Crippen molar-refractivity contribution >= 4 is 17.5 Å². The second-order valence-corrected chi connectivity index (χ2v) is 6.23. The van der Waals surface area contributed by atoms with Crippen LogP contribution in [0.3, 0.4) is 0 Å². The van der Waals surface area contributed by atoms with E-state index in [0.717, 1.165) is 16.9 Å². The summed E-state index contributed by atoms with van der Waals surface area (Å²) < 4.78 is 1.65. The van der Waals surface area contributed by atoms with Gasteiger partial charge < -0.3 is 5.32 Å². The molecular formula is C19H18ClN3O. The van der Waals surface area contributed by atoms with E-state index < -0.39 is 0 Å². The molecule has 4 nitrogen and oxygen atoms in total. The number of carbonyl (C=O) groups is 1. The van der Waals surface area contributed by atoms with Gasteiger partial charge in [-0.3, -0.25) is 4.79 Å². The van der Waals surface area contributed by atoms with Crippen molar-refractivity contribution in [3.8, 4) is 16.9 Å². The van der Waals surface area contributed by atoms with Crippen LogP contribution >= 0.6 is 11.6 Å². The summed E-state index contributed by atoms with van der Waals surface area (Å²) in [6.07, 6.45) is 0. The van der Waals surface area contributed by atoms with Crippen molar-refractivity contribution in [2.24, 2.45) is 0 Å². The molecule has 1 heterocycles. The highest BCUT2D eigenvalue weighted by molar-refractivity contribution is 6.30. The van der Waals surface area contributed by atoms with Gasteiger partial charge >= 0.3 is 0 Å². The monoisotopic (exact) mass is 339 g/mol. The predicted octanol–water partition coefficient (Wildman–Crippen LogP) is 4.33. The fourth-order valence-electron chi connectivity index (χ4n) is 2.41. The molecule has 1 N–H and O–H groups in total. The minimum absolute atomic E-state index is 0.0474. The first-order chi connectivity index (χ1) is 11.5. The molecule has 0 bridgehead atoms. The summed E-state index contributed by atoms with van der Waals surface area (Å²) in [5.74, 6) is -0.158. The quantitative estimate of drug-likeness (QED) is 0.769. The van der Waals surface area contributed by atoms with Gasteiger partial charge in [0.15, 0.2) is 0 Å². The van der Waals surface area contributed by atoms with Crippen LogP contribution in [0, 0.1) is 0 Å². The maximum absolute atomic E-state index is 12.6. The van der Waals surface area contributed by atoms with E-state index in [1.54, 1.807) is 16.8 Å². The number of rotatable bonds is 4. The van der Waals surface area contributed by atoms with Gasteiger partial charge in [-0.25, -0.2) is 4.68 Å². The summed E-state index contributed by atoms with van der Waals surface area (Å²) in [5, 5.41) is 8.18. The summed E-state index contributed by atoms with van der Waals surface area (Å²) in [7, 11) is 0. The number of amides is 1. The molecule has 5 heteroatoms. The number of hydrogen-bond acceptors (Lipinski definition) is 2. The molecule has 0 unspecified atom stereocenters. The van der Waals surface area contributed by atoms with Crippen molar-refractivity contribution in [1.29, 1.82) is 0 Å².